The highest BCUT2D eigenvalue weighted by Crippen LogP contribution is 2.45. The van der Waals surface area contributed by atoms with Crippen molar-refractivity contribution in [3.8, 4) is 72.8 Å². The number of hydrogen-bond donors (Lipinski definition) is 0. The molecule has 0 spiro atoms. The molecule has 0 radical (unpaired) electrons. The molecule has 0 atom stereocenters. The quantitative estimate of drug-likeness (QED) is 0.195. The van der Waals surface area contributed by atoms with Crippen molar-refractivity contribution in [1.82, 2.24) is 14.5 Å². The molecule has 3 heterocycles. The van der Waals surface area contributed by atoms with Gasteiger partial charge < -0.3 is 0 Å². The second-order valence-electron chi connectivity index (χ2n) is 12.6. The highest BCUT2D eigenvalue weighted by molar-refractivity contribution is 6.03. The maximum absolute atomic E-state index is 5.23. The van der Waals surface area contributed by atoms with Gasteiger partial charge in [0.05, 0.1) is 27.9 Å². The number of aromatic nitrogens is 3. The highest BCUT2D eigenvalue weighted by atomic mass is 15.1. The van der Waals surface area contributed by atoms with Gasteiger partial charge in [0.1, 0.15) is 5.82 Å². The van der Waals surface area contributed by atoms with E-state index in [1.54, 1.807) is 0 Å². The third kappa shape index (κ3) is 4.51. The predicted molar refractivity (Wildman–Crippen MR) is 203 cm³/mol. The minimum absolute atomic E-state index is 0.946. The third-order valence-electron chi connectivity index (χ3n) is 9.76. The number of fused-ring (bicyclic) bond motifs is 6. The number of benzene rings is 7. The Bertz CT molecular complexity index is 2720. The van der Waals surface area contributed by atoms with E-state index in [0.717, 1.165) is 50.3 Å². The Morgan fingerprint density at radius 2 is 0.918 bits per heavy atom. The number of rotatable bonds is 4. The molecule has 1 aliphatic heterocycles. The smallest absolute Gasteiger partial charge is 0.145 e. The lowest BCUT2D eigenvalue weighted by Gasteiger charge is -2.13. The lowest BCUT2D eigenvalue weighted by Crippen LogP contribution is -1.99. The van der Waals surface area contributed by atoms with Crippen LogP contribution in [0.5, 0.6) is 0 Å². The molecule has 228 valence electrons. The van der Waals surface area contributed by atoms with E-state index in [4.69, 9.17) is 9.97 Å². The molecule has 9 aromatic rings. The summed E-state index contributed by atoms with van der Waals surface area (Å²) in [7, 11) is 0. The number of nitrogens with zero attached hydrogens (tertiary/aromatic N) is 3. The first-order valence-corrected chi connectivity index (χ1v) is 16.7. The van der Waals surface area contributed by atoms with E-state index in [1.807, 2.05) is 6.07 Å². The van der Waals surface area contributed by atoms with Crippen molar-refractivity contribution in [3.63, 3.8) is 0 Å². The van der Waals surface area contributed by atoms with Crippen LogP contribution in [0.3, 0.4) is 0 Å². The first kappa shape index (κ1) is 27.5. The molecule has 7 aromatic carbocycles. The molecule has 0 amide bonds. The Morgan fingerprint density at radius 1 is 0.347 bits per heavy atom. The van der Waals surface area contributed by atoms with Crippen molar-refractivity contribution in [2.75, 3.05) is 0 Å². The van der Waals surface area contributed by atoms with E-state index in [-0.39, 0.29) is 0 Å². The fourth-order valence-corrected chi connectivity index (χ4v) is 7.40. The average molecular weight is 624 g/mol. The largest absolute Gasteiger partial charge is 0.291 e. The van der Waals surface area contributed by atoms with Crippen LogP contribution in [0.25, 0.3) is 94.8 Å². The lowest BCUT2D eigenvalue weighted by atomic mass is 9.94. The van der Waals surface area contributed by atoms with Gasteiger partial charge in [-0.2, -0.15) is 0 Å². The standard InChI is InChI=1S/C46H29N3/c1-5-19-41-31(10-1)26-27-42(47-41)36-14-8-13-35(29-36)34-12-7-11-33(28-34)30-22-24-32(25-23-30)46-48-43-20-9-18-40-38-16-3-2-15-37(38)39-17-4-6-21-44(39)49(46)45(40)43/h1-29H. The first-order valence-electron chi connectivity index (χ1n) is 16.7. The molecule has 0 saturated heterocycles. The van der Waals surface area contributed by atoms with Gasteiger partial charge in [-0.15, -0.1) is 0 Å². The molecule has 0 aliphatic carbocycles. The van der Waals surface area contributed by atoms with Gasteiger partial charge in [-0.3, -0.25) is 4.57 Å². The molecule has 0 fully saturated rings. The molecule has 3 nitrogen and oxygen atoms in total. The van der Waals surface area contributed by atoms with E-state index < -0.39 is 0 Å². The Kier molecular flexibility index (Phi) is 6.18. The molecular formula is C46H29N3. The molecule has 0 saturated carbocycles. The Hall–Kier alpha value is -6.58. The minimum atomic E-state index is 0.946. The number of para-hydroxylation sites is 3. The van der Waals surface area contributed by atoms with Crippen molar-refractivity contribution in [2.24, 2.45) is 0 Å². The van der Waals surface area contributed by atoms with Crippen molar-refractivity contribution in [1.29, 1.82) is 0 Å². The maximum Gasteiger partial charge on any atom is 0.145 e. The highest BCUT2D eigenvalue weighted by Gasteiger charge is 2.25. The number of hydrogen-bond acceptors (Lipinski definition) is 2. The monoisotopic (exact) mass is 623 g/mol. The zero-order chi connectivity index (χ0) is 32.3. The van der Waals surface area contributed by atoms with Gasteiger partial charge in [-0.25, -0.2) is 9.97 Å². The van der Waals surface area contributed by atoms with E-state index in [0.29, 0.717) is 0 Å². The summed E-state index contributed by atoms with van der Waals surface area (Å²) in [4.78, 5) is 10.2. The fraction of sp³-hybridized carbons (Fsp3) is 0. The summed E-state index contributed by atoms with van der Waals surface area (Å²) in [6, 6.07) is 62.7. The van der Waals surface area contributed by atoms with Crippen LogP contribution >= 0.6 is 0 Å². The topological polar surface area (TPSA) is 30.7 Å². The van der Waals surface area contributed by atoms with E-state index in [9.17, 15) is 0 Å². The summed E-state index contributed by atoms with van der Waals surface area (Å²) in [5.41, 5.74) is 17.0. The molecule has 3 heteroatoms. The van der Waals surface area contributed by atoms with Gasteiger partial charge in [0.2, 0.25) is 0 Å². The number of imidazole rings is 1. The van der Waals surface area contributed by atoms with Crippen LogP contribution in [0.4, 0.5) is 0 Å². The van der Waals surface area contributed by atoms with E-state index in [2.05, 4.69) is 174 Å². The van der Waals surface area contributed by atoms with Gasteiger partial charge in [-0.05, 0) is 69.8 Å². The molecule has 2 aromatic heterocycles. The summed E-state index contributed by atoms with van der Waals surface area (Å²) in [5.74, 6) is 0.946. The Morgan fingerprint density at radius 3 is 1.73 bits per heavy atom. The van der Waals surface area contributed by atoms with Crippen molar-refractivity contribution < 1.29 is 0 Å². The van der Waals surface area contributed by atoms with Gasteiger partial charge in [0, 0.05) is 27.6 Å². The van der Waals surface area contributed by atoms with Crippen molar-refractivity contribution >= 4 is 21.9 Å². The van der Waals surface area contributed by atoms with Crippen LogP contribution in [-0.4, -0.2) is 14.5 Å². The Labute approximate surface area is 284 Å². The average Bonchev–Trinajstić information content (AvgIpc) is 3.52. The molecule has 49 heavy (non-hydrogen) atoms. The second kappa shape index (κ2) is 11.0. The Balaban J connectivity index is 1.03. The third-order valence-corrected chi connectivity index (χ3v) is 9.76. The molecule has 0 unspecified atom stereocenters. The van der Waals surface area contributed by atoms with Crippen molar-refractivity contribution in [3.05, 3.63) is 176 Å². The number of pyridine rings is 1. The van der Waals surface area contributed by atoms with Crippen LogP contribution < -0.4 is 0 Å². The fourth-order valence-electron chi connectivity index (χ4n) is 7.40. The van der Waals surface area contributed by atoms with Crippen LogP contribution in [0.2, 0.25) is 0 Å². The van der Waals surface area contributed by atoms with E-state index >= 15 is 0 Å². The zero-order valence-corrected chi connectivity index (χ0v) is 26.6. The zero-order valence-electron chi connectivity index (χ0n) is 26.6. The van der Waals surface area contributed by atoms with Gasteiger partial charge in [0.15, 0.2) is 0 Å². The van der Waals surface area contributed by atoms with Crippen LogP contribution in [-0.2, 0) is 0 Å². The van der Waals surface area contributed by atoms with Crippen LogP contribution in [0, 0.1) is 0 Å². The van der Waals surface area contributed by atoms with Gasteiger partial charge in [-0.1, -0.05) is 140 Å². The van der Waals surface area contributed by atoms with Crippen molar-refractivity contribution in [2.45, 2.75) is 0 Å². The maximum atomic E-state index is 5.23. The molecule has 1 aliphatic rings. The molecule has 0 N–H and O–H groups in total. The molecule has 10 rings (SSSR count). The lowest BCUT2D eigenvalue weighted by molar-refractivity contribution is 1.11. The van der Waals surface area contributed by atoms with Gasteiger partial charge in [0.25, 0.3) is 0 Å². The summed E-state index contributed by atoms with van der Waals surface area (Å²) >= 11 is 0. The summed E-state index contributed by atoms with van der Waals surface area (Å²) in [6.07, 6.45) is 0. The minimum Gasteiger partial charge on any atom is -0.291 e. The predicted octanol–water partition coefficient (Wildman–Crippen LogP) is 11.9. The van der Waals surface area contributed by atoms with E-state index in [1.165, 1.54) is 44.5 Å². The van der Waals surface area contributed by atoms with Gasteiger partial charge >= 0.3 is 0 Å². The normalized spacial score (nSPS) is 11.7. The summed E-state index contributed by atoms with van der Waals surface area (Å²) in [6.45, 7) is 0. The van der Waals surface area contributed by atoms with Crippen LogP contribution in [0.1, 0.15) is 0 Å². The molecular weight excluding hydrogens is 595 g/mol. The first-order chi connectivity index (χ1) is 24.3. The second-order valence-corrected chi connectivity index (χ2v) is 12.6. The summed E-state index contributed by atoms with van der Waals surface area (Å²) in [5, 5.41) is 1.15. The van der Waals surface area contributed by atoms with Crippen LogP contribution in [0.15, 0.2) is 176 Å². The molecule has 0 bridgehead atoms. The summed E-state index contributed by atoms with van der Waals surface area (Å²) < 4.78 is 2.35. The SMILES string of the molecule is c1cc(-c2ccc(-c3nc4cccc5c4n3-c3ccccc3-c3ccccc3-5)cc2)cc(-c2cccc(-c3ccc4ccccc4n3)c2)c1.